The molecule has 0 aliphatic heterocycles. The first kappa shape index (κ1) is 17.0. The molecule has 0 atom stereocenters. The first-order valence-corrected chi connectivity index (χ1v) is 7.60. The number of hydrogen-bond acceptors (Lipinski definition) is 4. The topological polar surface area (TPSA) is 64.1 Å². The number of aryl methyl sites for hydroxylation is 1. The zero-order valence-corrected chi connectivity index (χ0v) is 14.3. The van der Waals surface area contributed by atoms with E-state index >= 15 is 0 Å². The van der Waals surface area contributed by atoms with Gasteiger partial charge in [-0.25, -0.2) is 0 Å². The van der Waals surface area contributed by atoms with Gasteiger partial charge in [0, 0.05) is 17.9 Å². The number of hydrogen-bond donors (Lipinski definition) is 1. The van der Waals surface area contributed by atoms with E-state index < -0.39 is 5.91 Å². The van der Waals surface area contributed by atoms with Crippen LogP contribution in [0.25, 0.3) is 10.9 Å². The molecule has 2 aromatic rings. The number of halogens is 1. The number of amides is 1. The molecule has 1 amide bonds. The van der Waals surface area contributed by atoms with Crippen molar-refractivity contribution in [3.05, 3.63) is 22.8 Å². The summed E-state index contributed by atoms with van der Waals surface area (Å²) in [6.07, 6.45) is 0.670. The summed E-state index contributed by atoms with van der Waals surface area (Å²) < 4.78 is 5.29. The molecule has 1 aromatic carbocycles. The van der Waals surface area contributed by atoms with Crippen LogP contribution in [-0.4, -0.2) is 23.2 Å². The Hall–Kier alpha value is -2.32. The molecule has 1 N–H and O–H groups in total. The number of nitrogens with zero attached hydrogens (tertiary/aromatic N) is 2. The summed E-state index contributed by atoms with van der Waals surface area (Å²) in [4.78, 5) is 11.9. The summed E-state index contributed by atoms with van der Waals surface area (Å²) in [5.74, 6) is 5.93. The van der Waals surface area contributed by atoms with Gasteiger partial charge in [0.15, 0.2) is 0 Å². The third kappa shape index (κ3) is 4.11. The lowest BCUT2D eigenvalue weighted by atomic mass is 10.1. The summed E-state index contributed by atoms with van der Waals surface area (Å²) in [5.41, 5.74) is 1.72. The van der Waals surface area contributed by atoms with Crippen LogP contribution >= 0.6 is 11.6 Å². The number of carbonyl (C=O) groups is 1. The van der Waals surface area contributed by atoms with Crippen molar-refractivity contribution in [2.75, 3.05) is 12.4 Å². The van der Waals surface area contributed by atoms with Crippen LogP contribution in [0.15, 0.2) is 12.1 Å². The highest BCUT2D eigenvalue weighted by Gasteiger charge is 2.12. The van der Waals surface area contributed by atoms with E-state index in [2.05, 4.69) is 27.4 Å². The first-order chi connectivity index (χ1) is 10.9. The lowest BCUT2D eigenvalue weighted by Gasteiger charge is -2.11. The highest BCUT2D eigenvalue weighted by atomic mass is 35.5. The van der Waals surface area contributed by atoms with Crippen molar-refractivity contribution in [1.29, 1.82) is 0 Å². The monoisotopic (exact) mass is 331 g/mol. The molecule has 0 bridgehead atoms. The predicted molar refractivity (Wildman–Crippen MR) is 91.7 cm³/mol. The van der Waals surface area contributed by atoms with Crippen molar-refractivity contribution < 1.29 is 9.53 Å². The van der Waals surface area contributed by atoms with Crippen molar-refractivity contribution in [1.82, 2.24) is 10.2 Å². The average molecular weight is 332 g/mol. The van der Waals surface area contributed by atoms with Gasteiger partial charge in [-0.3, -0.25) is 4.79 Å². The minimum Gasteiger partial charge on any atom is -0.494 e. The first-order valence-electron chi connectivity index (χ1n) is 7.22. The molecule has 1 heterocycles. The fourth-order valence-corrected chi connectivity index (χ4v) is 2.14. The van der Waals surface area contributed by atoms with Gasteiger partial charge in [0.1, 0.15) is 5.75 Å². The summed E-state index contributed by atoms with van der Waals surface area (Å²) in [6.45, 7) is 5.86. The molecule has 0 saturated carbocycles. The minimum absolute atomic E-state index is 0.391. The highest BCUT2D eigenvalue weighted by molar-refractivity contribution is 6.36. The number of benzene rings is 1. The molecule has 0 radical (unpaired) electrons. The lowest BCUT2D eigenvalue weighted by Crippen LogP contribution is -2.10. The van der Waals surface area contributed by atoms with E-state index in [0.29, 0.717) is 45.4 Å². The molecule has 5 nitrogen and oxygen atoms in total. The SMILES string of the molecule is COc1cc2nnc(C)c(Cl)c2cc1NC(=O)C#CCC(C)C. The van der Waals surface area contributed by atoms with E-state index in [1.807, 2.05) is 13.8 Å². The summed E-state index contributed by atoms with van der Waals surface area (Å²) in [7, 11) is 1.52. The Morgan fingerprint density at radius 1 is 1.39 bits per heavy atom. The Morgan fingerprint density at radius 3 is 2.78 bits per heavy atom. The van der Waals surface area contributed by atoms with Crippen molar-refractivity contribution in [3.63, 3.8) is 0 Å². The molecule has 0 saturated heterocycles. The van der Waals surface area contributed by atoms with Gasteiger partial charge in [0.05, 0.1) is 29.0 Å². The molecular weight excluding hydrogens is 314 g/mol. The zero-order chi connectivity index (χ0) is 17.0. The highest BCUT2D eigenvalue weighted by Crippen LogP contribution is 2.33. The molecule has 23 heavy (non-hydrogen) atoms. The number of rotatable bonds is 3. The second-order valence-corrected chi connectivity index (χ2v) is 5.90. The molecule has 0 unspecified atom stereocenters. The maximum Gasteiger partial charge on any atom is 0.300 e. The van der Waals surface area contributed by atoms with E-state index in [4.69, 9.17) is 16.3 Å². The van der Waals surface area contributed by atoms with Gasteiger partial charge < -0.3 is 10.1 Å². The Kier molecular flexibility index (Phi) is 5.41. The van der Waals surface area contributed by atoms with Gasteiger partial charge >= 0.3 is 0 Å². The number of anilines is 1. The van der Waals surface area contributed by atoms with E-state index in [0.717, 1.165) is 0 Å². The quantitative estimate of drug-likeness (QED) is 0.873. The Bertz CT molecular complexity index is 807. The standard InChI is InChI=1S/C17H18ClN3O2/c1-10(2)6-5-7-16(22)19-14-8-12-13(9-15(14)23-4)21-20-11(3)17(12)18/h8-10H,6H2,1-4H3,(H,19,22). The molecule has 120 valence electrons. The third-order valence-corrected chi connectivity index (χ3v) is 3.62. The van der Waals surface area contributed by atoms with Gasteiger partial charge in [-0.05, 0) is 24.8 Å². The van der Waals surface area contributed by atoms with Crippen molar-refractivity contribution >= 4 is 34.1 Å². The minimum atomic E-state index is -0.391. The Balaban J connectivity index is 2.36. The van der Waals surface area contributed by atoms with Crippen molar-refractivity contribution in [2.24, 2.45) is 5.92 Å². The fraction of sp³-hybridized carbons (Fsp3) is 0.353. The zero-order valence-electron chi connectivity index (χ0n) is 13.5. The van der Waals surface area contributed by atoms with Crippen LogP contribution in [0.5, 0.6) is 5.75 Å². The van der Waals surface area contributed by atoms with Gasteiger partial charge in [0.25, 0.3) is 5.91 Å². The van der Waals surface area contributed by atoms with E-state index in [-0.39, 0.29) is 0 Å². The number of carbonyl (C=O) groups excluding carboxylic acids is 1. The largest absolute Gasteiger partial charge is 0.494 e. The molecule has 0 spiro atoms. The van der Waals surface area contributed by atoms with Crippen LogP contribution in [0.2, 0.25) is 5.02 Å². The predicted octanol–water partition coefficient (Wildman–Crippen LogP) is 3.59. The average Bonchev–Trinajstić information content (AvgIpc) is 2.50. The van der Waals surface area contributed by atoms with Crippen LogP contribution in [0.4, 0.5) is 5.69 Å². The van der Waals surface area contributed by atoms with Gasteiger partial charge in [0.2, 0.25) is 0 Å². The molecule has 0 aliphatic rings. The second-order valence-electron chi connectivity index (χ2n) is 5.52. The number of methoxy groups -OCH3 is 1. The molecule has 1 aromatic heterocycles. The van der Waals surface area contributed by atoms with E-state index in [9.17, 15) is 4.79 Å². The van der Waals surface area contributed by atoms with Crippen molar-refractivity contribution in [3.8, 4) is 17.6 Å². The fourth-order valence-electron chi connectivity index (χ4n) is 1.95. The molecule has 2 rings (SSSR count). The van der Waals surface area contributed by atoms with Crippen molar-refractivity contribution in [2.45, 2.75) is 27.2 Å². The van der Waals surface area contributed by atoms with E-state index in [1.165, 1.54) is 7.11 Å². The van der Waals surface area contributed by atoms with Crippen LogP contribution in [0.3, 0.4) is 0 Å². The molecule has 0 aliphatic carbocycles. The smallest absolute Gasteiger partial charge is 0.300 e. The Morgan fingerprint density at radius 2 is 2.13 bits per heavy atom. The summed E-state index contributed by atoms with van der Waals surface area (Å²) in [6, 6.07) is 3.41. The molecule has 0 fully saturated rings. The Labute approximate surface area is 140 Å². The van der Waals surface area contributed by atoms with Crippen LogP contribution < -0.4 is 10.1 Å². The molecular formula is C17H18ClN3O2. The van der Waals surface area contributed by atoms with Gasteiger partial charge in [-0.15, -0.1) is 0 Å². The van der Waals surface area contributed by atoms with Crippen LogP contribution in [0, 0.1) is 24.7 Å². The summed E-state index contributed by atoms with van der Waals surface area (Å²) in [5, 5.41) is 12.0. The normalized spacial score (nSPS) is 10.3. The number of aromatic nitrogens is 2. The van der Waals surface area contributed by atoms with Gasteiger partial charge in [-0.2, -0.15) is 10.2 Å². The summed E-state index contributed by atoms with van der Waals surface area (Å²) >= 11 is 6.26. The maximum atomic E-state index is 11.9. The maximum absolute atomic E-state index is 11.9. The van der Waals surface area contributed by atoms with Gasteiger partial charge in [-0.1, -0.05) is 31.4 Å². The number of fused-ring (bicyclic) bond motifs is 1. The number of nitrogens with one attached hydrogen (secondary N) is 1. The molecule has 6 heteroatoms. The second kappa shape index (κ2) is 7.30. The third-order valence-electron chi connectivity index (χ3n) is 3.14. The van der Waals surface area contributed by atoms with Crippen LogP contribution in [-0.2, 0) is 4.79 Å². The van der Waals surface area contributed by atoms with E-state index in [1.54, 1.807) is 19.1 Å². The van der Waals surface area contributed by atoms with Crippen LogP contribution in [0.1, 0.15) is 26.0 Å². The number of ether oxygens (including phenoxy) is 1. The lowest BCUT2D eigenvalue weighted by molar-refractivity contribution is -0.111.